The highest BCUT2D eigenvalue weighted by atomic mass is 16.3. The van der Waals surface area contributed by atoms with Gasteiger partial charge in [0.25, 0.3) is 0 Å². The average Bonchev–Trinajstić information content (AvgIpc) is 3.20. The van der Waals surface area contributed by atoms with Gasteiger partial charge in [-0.1, -0.05) is 12.8 Å². The molecule has 2 N–H and O–H groups in total. The molecule has 1 unspecified atom stereocenters. The molecule has 0 aromatic heterocycles. The maximum absolute atomic E-state index is 12.0. The van der Waals surface area contributed by atoms with Crippen LogP contribution in [0.3, 0.4) is 0 Å². The summed E-state index contributed by atoms with van der Waals surface area (Å²) in [4.78, 5) is 16.6. The summed E-state index contributed by atoms with van der Waals surface area (Å²) in [6.07, 6.45) is 7.07. The number of aliphatic hydroxyl groups excluding tert-OH is 1. The number of piperazine rings is 1. The zero-order chi connectivity index (χ0) is 14.7. The minimum absolute atomic E-state index is 0.137. The molecule has 3 rings (SSSR count). The van der Waals surface area contributed by atoms with E-state index in [-0.39, 0.29) is 12.0 Å². The predicted molar refractivity (Wildman–Crippen MR) is 82.0 cm³/mol. The zero-order valence-electron chi connectivity index (χ0n) is 13.0. The molecule has 5 heteroatoms. The zero-order valence-corrected chi connectivity index (χ0v) is 13.0. The van der Waals surface area contributed by atoms with E-state index in [2.05, 4.69) is 15.1 Å². The summed E-state index contributed by atoms with van der Waals surface area (Å²) >= 11 is 0. The van der Waals surface area contributed by atoms with E-state index in [4.69, 9.17) is 0 Å². The molecule has 1 saturated heterocycles. The Kier molecular flexibility index (Phi) is 5.14. The Morgan fingerprint density at radius 3 is 2.29 bits per heavy atom. The van der Waals surface area contributed by atoms with Gasteiger partial charge in [-0.05, 0) is 31.6 Å². The van der Waals surface area contributed by atoms with Crippen molar-refractivity contribution in [2.75, 3.05) is 39.3 Å². The maximum Gasteiger partial charge on any atom is 0.234 e. The molecule has 2 aliphatic carbocycles. The fourth-order valence-corrected chi connectivity index (χ4v) is 3.57. The molecule has 0 spiro atoms. The van der Waals surface area contributed by atoms with Gasteiger partial charge in [-0.2, -0.15) is 0 Å². The van der Waals surface area contributed by atoms with Crippen molar-refractivity contribution in [1.82, 2.24) is 15.1 Å². The van der Waals surface area contributed by atoms with E-state index in [9.17, 15) is 9.90 Å². The quantitative estimate of drug-likeness (QED) is 0.746. The molecular weight excluding hydrogens is 266 g/mol. The number of carbonyl (C=O) groups is 1. The van der Waals surface area contributed by atoms with E-state index in [0.29, 0.717) is 18.5 Å². The summed E-state index contributed by atoms with van der Waals surface area (Å²) in [7, 11) is 0. The van der Waals surface area contributed by atoms with E-state index in [1.807, 2.05) is 0 Å². The van der Waals surface area contributed by atoms with Crippen LogP contribution in [0.15, 0.2) is 0 Å². The van der Waals surface area contributed by atoms with Crippen LogP contribution in [0.2, 0.25) is 0 Å². The fourth-order valence-electron chi connectivity index (χ4n) is 3.57. The van der Waals surface area contributed by atoms with Gasteiger partial charge in [0.05, 0.1) is 12.6 Å². The summed E-state index contributed by atoms with van der Waals surface area (Å²) in [5.74, 6) is 0.744. The SMILES string of the molecule is O=C(CN1CCN(CC(O)C2CC2)CC1)NC1CCCC1. The molecule has 3 aliphatic rings. The highest BCUT2D eigenvalue weighted by molar-refractivity contribution is 5.78. The number of carbonyl (C=O) groups excluding carboxylic acids is 1. The lowest BCUT2D eigenvalue weighted by molar-refractivity contribution is -0.123. The number of β-amino-alcohol motifs (C(OH)–C–C–N with tert-alkyl or cyclic N) is 1. The second-order valence-electron chi connectivity index (χ2n) is 7.03. The summed E-state index contributed by atoms with van der Waals surface area (Å²) in [5, 5.41) is 13.2. The molecule has 2 saturated carbocycles. The van der Waals surface area contributed by atoms with Crippen molar-refractivity contribution in [1.29, 1.82) is 0 Å². The molecule has 1 atom stereocenters. The van der Waals surface area contributed by atoms with Crippen molar-refractivity contribution in [3.8, 4) is 0 Å². The van der Waals surface area contributed by atoms with Crippen LogP contribution in [0, 0.1) is 5.92 Å². The second-order valence-corrected chi connectivity index (χ2v) is 7.03. The van der Waals surface area contributed by atoms with E-state index in [1.54, 1.807) is 0 Å². The molecule has 0 bridgehead atoms. The first-order valence-electron chi connectivity index (χ1n) is 8.63. The van der Waals surface area contributed by atoms with Crippen LogP contribution in [-0.2, 0) is 4.79 Å². The van der Waals surface area contributed by atoms with Crippen LogP contribution in [-0.4, -0.2) is 72.2 Å². The molecule has 1 amide bonds. The molecule has 120 valence electrons. The predicted octanol–water partition coefficient (Wildman–Crippen LogP) is 0.434. The third-order valence-electron chi connectivity index (χ3n) is 5.16. The van der Waals surface area contributed by atoms with E-state index < -0.39 is 0 Å². The van der Waals surface area contributed by atoms with Crippen LogP contribution in [0.4, 0.5) is 0 Å². The third kappa shape index (κ3) is 4.66. The standard InChI is InChI=1S/C16H29N3O2/c20-15(13-5-6-13)11-18-7-9-19(10-8-18)12-16(21)17-14-3-1-2-4-14/h13-15,20H,1-12H2,(H,17,21). The largest absolute Gasteiger partial charge is 0.392 e. The number of aliphatic hydroxyl groups is 1. The van der Waals surface area contributed by atoms with E-state index >= 15 is 0 Å². The van der Waals surface area contributed by atoms with Crippen LogP contribution in [0.5, 0.6) is 0 Å². The Labute approximate surface area is 127 Å². The number of rotatable bonds is 6. The van der Waals surface area contributed by atoms with Crippen LogP contribution < -0.4 is 5.32 Å². The highest BCUT2D eigenvalue weighted by Gasteiger charge is 2.31. The van der Waals surface area contributed by atoms with Gasteiger partial charge in [-0.25, -0.2) is 0 Å². The highest BCUT2D eigenvalue weighted by Crippen LogP contribution is 2.32. The molecule has 3 fully saturated rings. The molecule has 0 aromatic carbocycles. The topological polar surface area (TPSA) is 55.8 Å². The number of nitrogens with zero attached hydrogens (tertiary/aromatic N) is 2. The molecule has 1 aliphatic heterocycles. The Morgan fingerprint density at radius 2 is 1.67 bits per heavy atom. The Bertz CT molecular complexity index is 345. The number of nitrogens with one attached hydrogen (secondary N) is 1. The van der Waals surface area contributed by atoms with Gasteiger partial charge in [-0.15, -0.1) is 0 Å². The molecule has 1 heterocycles. The van der Waals surface area contributed by atoms with Crippen molar-refractivity contribution < 1.29 is 9.90 Å². The van der Waals surface area contributed by atoms with E-state index in [0.717, 1.165) is 45.6 Å². The van der Waals surface area contributed by atoms with E-state index in [1.165, 1.54) is 25.7 Å². The van der Waals surface area contributed by atoms with Gasteiger partial charge in [-0.3, -0.25) is 14.6 Å². The first-order valence-corrected chi connectivity index (χ1v) is 8.63. The third-order valence-corrected chi connectivity index (χ3v) is 5.16. The molecule has 21 heavy (non-hydrogen) atoms. The van der Waals surface area contributed by atoms with Crippen molar-refractivity contribution in [2.45, 2.75) is 50.7 Å². The lowest BCUT2D eigenvalue weighted by atomic mass is 10.2. The molecule has 0 aromatic rings. The molecule has 0 radical (unpaired) electrons. The van der Waals surface area contributed by atoms with Gasteiger partial charge in [0.2, 0.25) is 5.91 Å². The Morgan fingerprint density at radius 1 is 1.05 bits per heavy atom. The van der Waals surface area contributed by atoms with Crippen molar-refractivity contribution in [3.05, 3.63) is 0 Å². The number of hydrogen-bond acceptors (Lipinski definition) is 4. The van der Waals surface area contributed by atoms with Gasteiger partial charge in [0.15, 0.2) is 0 Å². The molecular formula is C16H29N3O2. The lowest BCUT2D eigenvalue weighted by Crippen LogP contribution is -2.51. The van der Waals surface area contributed by atoms with Crippen LogP contribution in [0.1, 0.15) is 38.5 Å². The van der Waals surface area contributed by atoms with Gasteiger partial charge in [0.1, 0.15) is 0 Å². The number of hydrogen-bond donors (Lipinski definition) is 2. The monoisotopic (exact) mass is 295 g/mol. The summed E-state index contributed by atoms with van der Waals surface area (Å²) in [5.41, 5.74) is 0. The van der Waals surface area contributed by atoms with Crippen molar-refractivity contribution >= 4 is 5.91 Å². The van der Waals surface area contributed by atoms with Gasteiger partial charge < -0.3 is 10.4 Å². The fraction of sp³-hybridized carbons (Fsp3) is 0.938. The lowest BCUT2D eigenvalue weighted by Gasteiger charge is -2.35. The minimum Gasteiger partial charge on any atom is -0.392 e. The molecule has 5 nitrogen and oxygen atoms in total. The summed E-state index contributed by atoms with van der Waals surface area (Å²) in [6.45, 7) is 5.17. The summed E-state index contributed by atoms with van der Waals surface area (Å²) < 4.78 is 0. The second kappa shape index (κ2) is 7.07. The normalized spacial score (nSPS) is 26.9. The van der Waals surface area contributed by atoms with Crippen molar-refractivity contribution in [3.63, 3.8) is 0 Å². The van der Waals surface area contributed by atoms with Crippen LogP contribution in [0.25, 0.3) is 0 Å². The average molecular weight is 295 g/mol. The smallest absolute Gasteiger partial charge is 0.234 e. The Hall–Kier alpha value is -0.650. The first-order chi connectivity index (χ1) is 10.2. The maximum atomic E-state index is 12.0. The van der Waals surface area contributed by atoms with Crippen LogP contribution >= 0.6 is 0 Å². The Balaban J connectivity index is 1.32. The number of amides is 1. The van der Waals surface area contributed by atoms with Gasteiger partial charge in [0, 0.05) is 38.8 Å². The minimum atomic E-state index is -0.137. The van der Waals surface area contributed by atoms with Crippen molar-refractivity contribution in [2.24, 2.45) is 5.92 Å². The van der Waals surface area contributed by atoms with Gasteiger partial charge >= 0.3 is 0 Å². The first kappa shape index (κ1) is 15.3. The summed E-state index contributed by atoms with van der Waals surface area (Å²) in [6, 6.07) is 0.424.